The minimum absolute atomic E-state index is 0.0785. The molecule has 0 aromatic heterocycles. The van der Waals surface area contributed by atoms with Gasteiger partial charge in [0, 0.05) is 5.69 Å². The Morgan fingerprint density at radius 3 is 2.00 bits per heavy atom. The van der Waals surface area contributed by atoms with E-state index < -0.39 is 0 Å². The van der Waals surface area contributed by atoms with Gasteiger partial charge >= 0.3 is 0 Å². The molecule has 0 radical (unpaired) electrons. The predicted molar refractivity (Wildman–Crippen MR) is 67.8 cm³/mol. The molecule has 2 aromatic rings. The Balaban J connectivity index is 2.06. The van der Waals surface area contributed by atoms with Gasteiger partial charge in [0.2, 0.25) is 0 Å². The van der Waals surface area contributed by atoms with E-state index in [1.54, 1.807) is 0 Å². The van der Waals surface area contributed by atoms with Crippen molar-refractivity contribution in [3.8, 4) is 0 Å². The molecule has 0 spiro atoms. The molecular formula is C13H13N3O. The quantitative estimate of drug-likeness (QED) is 0.620. The summed E-state index contributed by atoms with van der Waals surface area (Å²) in [7, 11) is 0. The monoisotopic (exact) mass is 227 g/mol. The van der Waals surface area contributed by atoms with Crippen LogP contribution in [0.2, 0.25) is 0 Å². The summed E-state index contributed by atoms with van der Waals surface area (Å²) < 4.78 is 0. The van der Waals surface area contributed by atoms with Crippen LogP contribution in [0.4, 0.5) is 17.1 Å². The minimum Gasteiger partial charge on any atom is -0.377 e. The normalized spacial score (nSPS) is 10.6. The Kier molecular flexibility index (Phi) is 3.83. The summed E-state index contributed by atoms with van der Waals surface area (Å²) in [4.78, 5) is 0. The molecule has 2 rings (SSSR count). The summed E-state index contributed by atoms with van der Waals surface area (Å²) in [5.41, 5.74) is 2.45. The second kappa shape index (κ2) is 5.77. The van der Waals surface area contributed by atoms with E-state index >= 15 is 0 Å². The fourth-order valence-electron chi connectivity index (χ4n) is 1.35. The SMILES string of the molecule is OCNc1ccc(N=Nc2ccccc2)cc1. The lowest BCUT2D eigenvalue weighted by molar-refractivity contribution is 0.325. The van der Waals surface area contributed by atoms with Crippen LogP contribution >= 0.6 is 0 Å². The third kappa shape index (κ3) is 3.39. The van der Waals surface area contributed by atoms with E-state index in [1.165, 1.54) is 0 Å². The lowest BCUT2D eigenvalue weighted by Gasteiger charge is -2.01. The first kappa shape index (κ1) is 11.3. The zero-order valence-electron chi connectivity index (χ0n) is 9.24. The van der Waals surface area contributed by atoms with Crippen LogP contribution in [0.3, 0.4) is 0 Å². The van der Waals surface area contributed by atoms with Gasteiger partial charge in [-0.25, -0.2) is 0 Å². The third-order valence-corrected chi connectivity index (χ3v) is 2.19. The van der Waals surface area contributed by atoms with E-state index in [9.17, 15) is 0 Å². The van der Waals surface area contributed by atoms with Crippen molar-refractivity contribution in [1.29, 1.82) is 0 Å². The lowest BCUT2D eigenvalue weighted by atomic mass is 10.3. The van der Waals surface area contributed by atoms with Gasteiger partial charge in [0.1, 0.15) is 6.73 Å². The summed E-state index contributed by atoms with van der Waals surface area (Å²) in [5.74, 6) is 0. The third-order valence-electron chi connectivity index (χ3n) is 2.19. The van der Waals surface area contributed by atoms with Crippen LogP contribution < -0.4 is 5.32 Å². The number of hydrogen-bond acceptors (Lipinski definition) is 4. The number of rotatable bonds is 4. The van der Waals surface area contributed by atoms with Gasteiger partial charge < -0.3 is 10.4 Å². The molecule has 17 heavy (non-hydrogen) atoms. The molecule has 2 N–H and O–H groups in total. The summed E-state index contributed by atoms with van der Waals surface area (Å²) in [6.45, 7) is -0.0785. The van der Waals surface area contributed by atoms with Crippen molar-refractivity contribution in [2.45, 2.75) is 0 Å². The summed E-state index contributed by atoms with van der Waals surface area (Å²) in [6.07, 6.45) is 0. The Bertz CT molecular complexity index is 480. The van der Waals surface area contributed by atoms with Gasteiger partial charge in [-0.05, 0) is 36.4 Å². The minimum atomic E-state index is -0.0785. The fourth-order valence-corrected chi connectivity index (χ4v) is 1.35. The number of aliphatic hydroxyl groups is 1. The van der Waals surface area contributed by atoms with Gasteiger partial charge in [-0.3, -0.25) is 0 Å². The second-order valence-electron chi connectivity index (χ2n) is 3.42. The molecule has 0 heterocycles. The molecule has 0 bridgehead atoms. The molecule has 0 fully saturated rings. The Morgan fingerprint density at radius 2 is 1.41 bits per heavy atom. The van der Waals surface area contributed by atoms with Crippen LogP contribution in [0, 0.1) is 0 Å². The van der Waals surface area contributed by atoms with Crippen molar-refractivity contribution in [3.05, 3.63) is 54.6 Å². The maximum Gasteiger partial charge on any atom is 0.113 e. The molecule has 0 aliphatic rings. The largest absolute Gasteiger partial charge is 0.377 e. The second-order valence-corrected chi connectivity index (χ2v) is 3.42. The summed E-state index contributed by atoms with van der Waals surface area (Å²) >= 11 is 0. The van der Waals surface area contributed by atoms with Crippen molar-refractivity contribution >= 4 is 17.1 Å². The summed E-state index contributed by atoms with van der Waals surface area (Å²) in [6, 6.07) is 16.9. The molecule has 0 aliphatic heterocycles. The Morgan fingerprint density at radius 1 is 0.824 bits per heavy atom. The number of nitrogens with one attached hydrogen (secondary N) is 1. The average molecular weight is 227 g/mol. The van der Waals surface area contributed by atoms with Crippen LogP contribution in [0.1, 0.15) is 0 Å². The Labute approximate surface area is 99.6 Å². The molecule has 0 saturated carbocycles. The average Bonchev–Trinajstić information content (AvgIpc) is 2.40. The number of azo groups is 1. The van der Waals surface area contributed by atoms with Crippen molar-refractivity contribution in [3.63, 3.8) is 0 Å². The van der Waals surface area contributed by atoms with E-state index in [1.807, 2.05) is 54.6 Å². The predicted octanol–water partition coefficient (Wildman–Crippen LogP) is 3.46. The molecule has 2 aromatic carbocycles. The molecule has 0 amide bonds. The van der Waals surface area contributed by atoms with Gasteiger partial charge in [-0.1, -0.05) is 18.2 Å². The first-order chi connectivity index (χ1) is 8.38. The van der Waals surface area contributed by atoms with Gasteiger partial charge in [-0.15, -0.1) is 0 Å². The molecule has 86 valence electrons. The van der Waals surface area contributed by atoms with Gasteiger partial charge in [-0.2, -0.15) is 10.2 Å². The zero-order valence-corrected chi connectivity index (χ0v) is 9.24. The smallest absolute Gasteiger partial charge is 0.113 e. The van der Waals surface area contributed by atoms with Crippen LogP contribution in [-0.4, -0.2) is 11.8 Å². The summed E-state index contributed by atoms with van der Waals surface area (Å²) in [5, 5.41) is 19.7. The highest BCUT2D eigenvalue weighted by atomic mass is 16.3. The van der Waals surface area contributed by atoms with E-state index in [0.717, 1.165) is 17.1 Å². The maximum atomic E-state index is 8.69. The molecule has 4 heteroatoms. The van der Waals surface area contributed by atoms with Crippen LogP contribution in [0.15, 0.2) is 64.8 Å². The van der Waals surface area contributed by atoms with Gasteiger partial charge in [0.05, 0.1) is 11.4 Å². The van der Waals surface area contributed by atoms with Crippen molar-refractivity contribution in [1.82, 2.24) is 0 Å². The highest BCUT2D eigenvalue weighted by Crippen LogP contribution is 2.19. The van der Waals surface area contributed by atoms with Gasteiger partial charge in [0.15, 0.2) is 0 Å². The van der Waals surface area contributed by atoms with Crippen LogP contribution in [0.25, 0.3) is 0 Å². The van der Waals surface area contributed by atoms with Crippen molar-refractivity contribution < 1.29 is 5.11 Å². The number of benzene rings is 2. The van der Waals surface area contributed by atoms with E-state index in [0.29, 0.717) is 0 Å². The molecule has 0 saturated heterocycles. The lowest BCUT2D eigenvalue weighted by Crippen LogP contribution is -1.98. The number of aliphatic hydroxyl groups excluding tert-OH is 1. The highest BCUT2D eigenvalue weighted by Gasteiger charge is 1.92. The Hall–Kier alpha value is -2.20. The highest BCUT2D eigenvalue weighted by molar-refractivity contribution is 5.50. The molecule has 0 aliphatic carbocycles. The van der Waals surface area contributed by atoms with Gasteiger partial charge in [0.25, 0.3) is 0 Å². The fraction of sp³-hybridized carbons (Fsp3) is 0.0769. The van der Waals surface area contributed by atoms with E-state index in [2.05, 4.69) is 15.5 Å². The van der Waals surface area contributed by atoms with Crippen LogP contribution in [-0.2, 0) is 0 Å². The maximum absolute atomic E-state index is 8.69. The van der Waals surface area contributed by atoms with Crippen molar-refractivity contribution in [2.24, 2.45) is 10.2 Å². The first-order valence-corrected chi connectivity index (χ1v) is 5.30. The standard InChI is InChI=1S/C13H13N3O/c17-10-14-11-6-8-13(9-7-11)16-15-12-4-2-1-3-5-12/h1-9,14,17H,10H2. The number of anilines is 1. The van der Waals surface area contributed by atoms with E-state index in [-0.39, 0.29) is 6.73 Å². The number of hydrogen-bond donors (Lipinski definition) is 2. The first-order valence-electron chi connectivity index (χ1n) is 5.30. The molecule has 0 unspecified atom stereocenters. The zero-order chi connectivity index (χ0) is 11.9. The van der Waals surface area contributed by atoms with E-state index in [4.69, 9.17) is 5.11 Å². The molecular weight excluding hydrogens is 214 g/mol. The molecule has 0 atom stereocenters. The molecule has 4 nitrogen and oxygen atoms in total. The topological polar surface area (TPSA) is 57.0 Å². The van der Waals surface area contributed by atoms with Crippen LogP contribution in [0.5, 0.6) is 0 Å². The van der Waals surface area contributed by atoms with Crippen molar-refractivity contribution in [2.75, 3.05) is 12.0 Å². The number of nitrogens with zero attached hydrogens (tertiary/aromatic N) is 2.